The highest BCUT2D eigenvalue weighted by Crippen LogP contribution is 2.21. The van der Waals surface area contributed by atoms with E-state index in [9.17, 15) is 4.79 Å². The van der Waals surface area contributed by atoms with Gasteiger partial charge in [-0.1, -0.05) is 6.92 Å². The molecule has 0 amide bonds. The molecule has 0 bridgehead atoms. The first-order valence-electron chi connectivity index (χ1n) is 5.40. The zero-order valence-corrected chi connectivity index (χ0v) is 10.5. The lowest BCUT2D eigenvalue weighted by atomic mass is 9.91. The highest BCUT2D eigenvalue weighted by atomic mass is 16.7. The van der Waals surface area contributed by atoms with Gasteiger partial charge in [-0.2, -0.15) is 0 Å². The molecule has 0 spiro atoms. The summed E-state index contributed by atoms with van der Waals surface area (Å²) in [7, 11) is 1.44. The summed E-state index contributed by atoms with van der Waals surface area (Å²) in [5.41, 5.74) is -0.461. The van der Waals surface area contributed by atoms with Crippen LogP contribution in [-0.2, 0) is 19.0 Å². The summed E-state index contributed by atoms with van der Waals surface area (Å²) in [5.74, 6) is -0.239. The van der Waals surface area contributed by atoms with Crippen LogP contribution in [0.5, 0.6) is 0 Å². The van der Waals surface area contributed by atoms with Gasteiger partial charge in [0.1, 0.15) is 6.61 Å². The molecule has 1 N–H and O–H groups in total. The lowest BCUT2D eigenvalue weighted by Gasteiger charge is -2.20. The predicted octanol–water partition coefficient (Wildman–Crippen LogP) is 0.947. The molecule has 16 heavy (non-hydrogen) atoms. The van der Waals surface area contributed by atoms with Crippen LogP contribution in [0, 0.1) is 5.41 Å². The van der Waals surface area contributed by atoms with Crippen LogP contribution in [0.3, 0.4) is 0 Å². The van der Waals surface area contributed by atoms with Gasteiger partial charge in [0, 0.05) is 7.11 Å². The number of ether oxygens (including phenoxy) is 3. The van der Waals surface area contributed by atoms with Crippen LogP contribution in [0.15, 0.2) is 0 Å². The predicted molar refractivity (Wildman–Crippen MR) is 58.9 cm³/mol. The van der Waals surface area contributed by atoms with E-state index in [1.54, 1.807) is 0 Å². The van der Waals surface area contributed by atoms with Crippen molar-refractivity contribution in [1.29, 1.82) is 0 Å². The summed E-state index contributed by atoms with van der Waals surface area (Å²) < 4.78 is 14.9. The van der Waals surface area contributed by atoms with Gasteiger partial charge in [-0.05, 0) is 20.3 Å². The molecule has 0 aromatic rings. The van der Waals surface area contributed by atoms with Crippen LogP contribution in [0.4, 0.5) is 0 Å². The minimum atomic E-state index is -0.655. The van der Waals surface area contributed by atoms with Crippen molar-refractivity contribution < 1.29 is 24.1 Å². The molecular weight excluding hydrogens is 212 g/mol. The number of carbonyl (C=O) groups excluding carboxylic acids is 1. The van der Waals surface area contributed by atoms with Crippen molar-refractivity contribution in [2.24, 2.45) is 5.41 Å². The number of hydrogen-bond acceptors (Lipinski definition) is 5. The molecule has 5 heteroatoms. The van der Waals surface area contributed by atoms with Crippen molar-refractivity contribution in [3.63, 3.8) is 0 Å². The van der Waals surface area contributed by atoms with Crippen molar-refractivity contribution in [1.82, 2.24) is 0 Å². The second-order valence-corrected chi connectivity index (χ2v) is 4.09. The van der Waals surface area contributed by atoms with Gasteiger partial charge >= 0.3 is 5.97 Å². The molecule has 0 saturated carbocycles. The Hall–Kier alpha value is -0.650. The van der Waals surface area contributed by atoms with Crippen LogP contribution < -0.4 is 0 Å². The maximum absolute atomic E-state index is 11.5. The maximum Gasteiger partial charge on any atom is 0.311 e. The Morgan fingerprint density at radius 3 is 2.44 bits per heavy atom. The number of aliphatic hydroxyl groups is 1. The standard InChI is InChI=1S/C11H22O5/c1-5-11(2,3)10(13)16-7-6-15-9(8-12)14-4/h9,12H,5-8H2,1-4H3. The van der Waals surface area contributed by atoms with Gasteiger partial charge in [-0.3, -0.25) is 4.79 Å². The van der Waals surface area contributed by atoms with Crippen molar-refractivity contribution in [2.45, 2.75) is 33.5 Å². The van der Waals surface area contributed by atoms with Gasteiger partial charge in [-0.15, -0.1) is 0 Å². The van der Waals surface area contributed by atoms with E-state index in [-0.39, 0.29) is 25.8 Å². The van der Waals surface area contributed by atoms with E-state index >= 15 is 0 Å². The number of esters is 1. The van der Waals surface area contributed by atoms with Crippen LogP contribution >= 0.6 is 0 Å². The van der Waals surface area contributed by atoms with Crippen LogP contribution in [0.25, 0.3) is 0 Å². The Morgan fingerprint density at radius 2 is 2.00 bits per heavy atom. The van der Waals surface area contributed by atoms with Gasteiger partial charge in [0.25, 0.3) is 0 Å². The van der Waals surface area contributed by atoms with Gasteiger partial charge in [0.15, 0.2) is 6.29 Å². The highest BCUT2D eigenvalue weighted by Gasteiger charge is 2.26. The zero-order valence-electron chi connectivity index (χ0n) is 10.5. The number of hydrogen-bond donors (Lipinski definition) is 1. The van der Waals surface area contributed by atoms with E-state index in [4.69, 9.17) is 19.3 Å². The third kappa shape index (κ3) is 5.44. The average molecular weight is 234 g/mol. The van der Waals surface area contributed by atoms with Crippen molar-refractivity contribution >= 4 is 5.97 Å². The molecule has 0 aromatic heterocycles. The van der Waals surface area contributed by atoms with E-state index < -0.39 is 11.7 Å². The second kappa shape index (κ2) is 7.60. The first kappa shape index (κ1) is 15.3. The van der Waals surface area contributed by atoms with E-state index in [1.165, 1.54) is 7.11 Å². The largest absolute Gasteiger partial charge is 0.463 e. The monoisotopic (exact) mass is 234 g/mol. The highest BCUT2D eigenvalue weighted by molar-refractivity contribution is 5.75. The SMILES string of the molecule is CCC(C)(C)C(=O)OCCOC(CO)OC. The molecule has 5 nitrogen and oxygen atoms in total. The molecular formula is C11H22O5. The van der Waals surface area contributed by atoms with Gasteiger partial charge in [-0.25, -0.2) is 0 Å². The topological polar surface area (TPSA) is 65.0 Å². The lowest BCUT2D eigenvalue weighted by Crippen LogP contribution is -2.28. The molecule has 0 aliphatic rings. The average Bonchev–Trinajstić information content (AvgIpc) is 2.29. The zero-order chi connectivity index (χ0) is 12.6. The molecule has 0 rings (SSSR count). The number of methoxy groups -OCH3 is 1. The van der Waals surface area contributed by atoms with Gasteiger partial charge in [0.05, 0.1) is 18.6 Å². The third-order valence-electron chi connectivity index (χ3n) is 2.47. The fraction of sp³-hybridized carbons (Fsp3) is 0.909. The van der Waals surface area contributed by atoms with Crippen LogP contribution in [0.1, 0.15) is 27.2 Å². The Bertz CT molecular complexity index is 199. The van der Waals surface area contributed by atoms with E-state index in [0.717, 1.165) is 6.42 Å². The molecule has 0 radical (unpaired) electrons. The van der Waals surface area contributed by atoms with E-state index in [2.05, 4.69) is 0 Å². The molecule has 1 unspecified atom stereocenters. The Labute approximate surface area is 96.7 Å². The molecule has 0 aliphatic carbocycles. The maximum atomic E-state index is 11.5. The Morgan fingerprint density at radius 1 is 1.38 bits per heavy atom. The first-order valence-corrected chi connectivity index (χ1v) is 5.40. The summed E-state index contributed by atoms with van der Waals surface area (Å²) >= 11 is 0. The summed E-state index contributed by atoms with van der Waals surface area (Å²) in [5, 5.41) is 8.74. The van der Waals surface area contributed by atoms with Crippen LogP contribution in [-0.4, -0.2) is 44.3 Å². The number of rotatable bonds is 8. The summed E-state index contributed by atoms with van der Waals surface area (Å²) in [6, 6.07) is 0. The normalized spacial score (nSPS) is 13.6. The van der Waals surface area contributed by atoms with Gasteiger partial charge < -0.3 is 19.3 Å². The van der Waals surface area contributed by atoms with Crippen molar-refractivity contribution in [3.05, 3.63) is 0 Å². The molecule has 0 aliphatic heterocycles. The fourth-order valence-corrected chi connectivity index (χ4v) is 0.849. The summed E-state index contributed by atoms with van der Waals surface area (Å²) in [6.45, 7) is 5.77. The molecule has 0 aromatic carbocycles. The summed E-state index contributed by atoms with van der Waals surface area (Å²) in [4.78, 5) is 11.5. The minimum Gasteiger partial charge on any atom is -0.463 e. The molecule has 1 atom stereocenters. The lowest BCUT2D eigenvalue weighted by molar-refractivity contribution is -0.169. The second-order valence-electron chi connectivity index (χ2n) is 4.09. The minimum absolute atomic E-state index is 0.169. The van der Waals surface area contributed by atoms with Gasteiger partial charge in [0.2, 0.25) is 0 Å². The quantitative estimate of drug-likeness (QED) is 0.385. The Kier molecular flexibility index (Phi) is 7.29. The first-order chi connectivity index (χ1) is 7.47. The Balaban J connectivity index is 3.71. The van der Waals surface area contributed by atoms with Crippen molar-refractivity contribution in [3.8, 4) is 0 Å². The van der Waals surface area contributed by atoms with Crippen molar-refractivity contribution in [2.75, 3.05) is 26.9 Å². The van der Waals surface area contributed by atoms with E-state index in [1.807, 2.05) is 20.8 Å². The molecule has 0 saturated heterocycles. The smallest absolute Gasteiger partial charge is 0.311 e. The van der Waals surface area contributed by atoms with E-state index in [0.29, 0.717) is 0 Å². The molecule has 0 heterocycles. The molecule has 0 fully saturated rings. The number of carbonyl (C=O) groups is 1. The van der Waals surface area contributed by atoms with Crippen LogP contribution in [0.2, 0.25) is 0 Å². The number of aliphatic hydroxyl groups excluding tert-OH is 1. The summed E-state index contributed by atoms with van der Waals surface area (Å²) in [6.07, 6.45) is 0.0715. The molecule has 96 valence electrons. The fourth-order valence-electron chi connectivity index (χ4n) is 0.849. The third-order valence-corrected chi connectivity index (χ3v) is 2.47.